The molecular formula is C10H10BrClO. The van der Waals surface area contributed by atoms with E-state index in [2.05, 4.69) is 15.9 Å². The Kier molecular flexibility index (Phi) is 4.46. The quantitative estimate of drug-likeness (QED) is 0.762. The SMILES string of the molecule is O=C(CBr)Cc1ccc(CCl)cc1. The van der Waals surface area contributed by atoms with E-state index in [1.807, 2.05) is 24.3 Å². The van der Waals surface area contributed by atoms with Crippen LogP contribution in [0.15, 0.2) is 24.3 Å². The molecule has 1 rings (SSSR count). The van der Waals surface area contributed by atoms with Gasteiger partial charge in [0.15, 0.2) is 0 Å². The number of hydrogen-bond acceptors (Lipinski definition) is 1. The molecule has 0 amide bonds. The van der Waals surface area contributed by atoms with Gasteiger partial charge in [0.2, 0.25) is 0 Å². The summed E-state index contributed by atoms with van der Waals surface area (Å²) in [6.45, 7) is 0. The Labute approximate surface area is 91.2 Å². The molecule has 70 valence electrons. The van der Waals surface area contributed by atoms with E-state index in [0.717, 1.165) is 11.1 Å². The molecule has 1 nitrogen and oxygen atoms in total. The lowest BCUT2D eigenvalue weighted by Crippen LogP contribution is -2.03. The number of carbonyl (C=O) groups excluding carboxylic acids is 1. The molecule has 0 bridgehead atoms. The molecule has 0 saturated heterocycles. The number of alkyl halides is 2. The summed E-state index contributed by atoms with van der Waals surface area (Å²) in [4.78, 5) is 11.1. The largest absolute Gasteiger partial charge is 0.298 e. The van der Waals surface area contributed by atoms with Crippen molar-refractivity contribution in [1.82, 2.24) is 0 Å². The minimum atomic E-state index is 0.193. The fraction of sp³-hybridized carbons (Fsp3) is 0.300. The molecule has 0 spiro atoms. The summed E-state index contributed by atoms with van der Waals surface area (Å²) in [5, 5.41) is 0.421. The second kappa shape index (κ2) is 5.40. The summed E-state index contributed by atoms with van der Waals surface area (Å²) in [5.74, 6) is 0.714. The average molecular weight is 262 g/mol. The van der Waals surface area contributed by atoms with Gasteiger partial charge in [0.05, 0.1) is 5.33 Å². The third-order valence-corrected chi connectivity index (χ3v) is 2.66. The first-order valence-electron chi connectivity index (χ1n) is 3.97. The maximum Gasteiger partial charge on any atom is 0.147 e. The molecule has 0 aliphatic carbocycles. The summed E-state index contributed by atoms with van der Waals surface area (Å²) in [5.41, 5.74) is 2.12. The summed E-state index contributed by atoms with van der Waals surface area (Å²) < 4.78 is 0. The maximum absolute atomic E-state index is 11.1. The number of benzene rings is 1. The van der Waals surface area contributed by atoms with Gasteiger partial charge in [-0.05, 0) is 11.1 Å². The van der Waals surface area contributed by atoms with E-state index in [-0.39, 0.29) is 5.78 Å². The first-order chi connectivity index (χ1) is 6.26. The molecule has 0 aliphatic rings. The minimum absolute atomic E-state index is 0.193. The van der Waals surface area contributed by atoms with Crippen LogP contribution in [-0.4, -0.2) is 11.1 Å². The molecule has 0 fully saturated rings. The molecule has 1 aromatic rings. The number of hydrogen-bond donors (Lipinski definition) is 0. The molecule has 13 heavy (non-hydrogen) atoms. The zero-order valence-electron chi connectivity index (χ0n) is 7.09. The second-order valence-corrected chi connectivity index (χ2v) is 3.63. The average Bonchev–Trinajstić information content (AvgIpc) is 2.19. The fourth-order valence-corrected chi connectivity index (χ4v) is 1.40. The summed E-state index contributed by atoms with van der Waals surface area (Å²) >= 11 is 8.77. The van der Waals surface area contributed by atoms with Crippen LogP contribution >= 0.6 is 27.5 Å². The Morgan fingerprint density at radius 1 is 1.23 bits per heavy atom. The van der Waals surface area contributed by atoms with Gasteiger partial charge in [-0.15, -0.1) is 11.6 Å². The van der Waals surface area contributed by atoms with Crippen molar-refractivity contribution in [3.63, 3.8) is 0 Å². The monoisotopic (exact) mass is 260 g/mol. The van der Waals surface area contributed by atoms with Gasteiger partial charge in [-0.3, -0.25) is 4.79 Å². The van der Waals surface area contributed by atoms with Crippen LogP contribution in [0.1, 0.15) is 11.1 Å². The van der Waals surface area contributed by atoms with Crippen LogP contribution in [0.4, 0.5) is 0 Å². The van der Waals surface area contributed by atoms with Crippen molar-refractivity contribution in [2.45, 2.75) is 12.3 Å². The Balaban J connectivity index is 2.64. The van der Waals surface area contributed by atoms with Gasteiger partial charge in [-0.2, -0.15) is 0 Å². The lowest BCUT2D eigenvalue weighted by Gasteiger charge is -1.99. The van der Waals surface area contributed by atoms with Crippen LogP contribution < -0.4 is 0 Å². The van der Waals surface area contributed by atoms with Gasteiger partial charge in [0, 0.05) is 12.3 Å². The van der Waals surface area contributed by atoms with E-state index in [1.54, 1.807) is 0 Å². The third-order valence-electron chi connectivity index (χ3n) is 1.73. The van der Waals surface area contributed by atoms with Crippen LogP contribution in [0.3, 0.4) is 0 Å². The summed E-state index contributed by atoms with van der Waals surface area (Å²) in [6, 6.07) is 7.78. The predicted molar refractivity (Wildman–Crippen MR) is 58.5 cm³/mol. The molecule has 0 radical (unpaired) electrons. The number of ketones is 1. The van der Waals surface area contributed by atoms with Crippen LogP contribution in [0, 0.1) is 0 Å². The van der Waals surface area contributed by atoms with E-state index < -0.39 is 0 Å². The van der Waals surface area contributed by atoms with E-state index in [0.29, 0.717) is 17.6 Å². The van der Waals surface area contributed by atoms with E-state index in [1.165, 1.54) is 0 Å². The van der Waals surface area contributed by atoms with Crippen LogP contribution in [-0.2, 0) is 17.1 Å². The lowest BCUT2D eigenvalue weighted by molar-refractivity contribution is -0.115. The topological polar surface area (TPSA) is 17.1 Å². The van der Waals surface area contributed by atoms with Crippen molar-refractivity contribution in [3.8, 4) is 0 Å². The maximum atomic E-state index is 11.1. The smallest absolute Gasteiger partial charge is 0.147 e. The number of carbonyl (C=O) groups is 1. The van der Waals surface area contributed by atoms with Gasteiger partial charge in [0.25, 0.3) is 0 Å². The van der Waals surface area contributed by atoms with Crippen molar-refractivity contribution in [2.24, 2.45) is 0 Å². The number of rotatable bonds is 4. The molecule has 0 saturated carbocycles. The molecule has 1 aromatic carbocycles. The Bertz CT molecular complexity index is 281. The van der Waals surface area contributed by atoms with Gasteiger partial charge in [-0.25, -0.2) is 0 Å². The highest BCUT2D eigenvalue weighted by atomic mass is 79.9. The Morgan fingerprint density at radius 2 is 1.77 bits per heavy atom. The Morgan fingerprint density at radius 3 is 2.23 bits per heavy atom. The molecule has 0 atom stereocenters. The molecule has 0 unspecified atom stereocenters. The summed E-state index contributed by atoms with van der Waals surface area (Å²) in [6.07, 6.45) is 0.494. The molecule has 0 heterocycles. The molecular weight excluding hydrogens is 251 g/mol. The van der Waals surface area contributed by atoms with Gasteiger partial charge in [0.1, 0.15) is 5.78 Å². The Hall–Kier alpha value is -0.340. The highest BCUT2D eigenvalue weighted by molar-refractivity contribution is 9.09. The summed E-state index contributed by atoms with van der Waals surface area (Å²) in [7, 11) is 0. The van der Waals surface area contributed by atoms with Gasteiger partial charge < -0.3 is 0 Å². The van der Waals surface area contributed by atoms with Gasteiger partial charge >= 0.3 is 0 Å². The molecule has 0 N–H and O–H groups in total. The van der Waals surface area contributed by atoms with Crippen molar-refractivity contribution in [2.75, 3.05) is 5.33 Å². The first kappa shape index (κ1) is 10.7. The zero-order chi connectivity index (χ0) is 9.68. The lowest BCUT2D eigenvalue weighted by atomic mass is 10.1. The predicted octanol–water partition coefficient (Wildman–Crippen LogP) is 2.93. The van der Waals surface area contributed by atoms with E-state index >= 15 is 0 Å². The molecule has 3 heteroatoms. The highest BCUT2D eigenvalue weighted by Crippen LogP contribution is 2.08. The van der Waals surface area contributed by atoms with Crippen LogP contribution in [0.2, 0.25) is 0 Å². The number of halogens is 2. The second-order valence-electron chi connectivity index (χ2n) is 2.80. The van der Waals surface area contributed by atoms with Crippen molar-refractivity contribution in [1.29, 1.82) is 0 Å². The van der Waals surface area contributed by atoms with Crippen molar-refractivity contribution >= 4 is 33.3 Å². The zero-order valence-corrected chi connectivity index (χ0v) is 9.44. The first-order valence-corrected chi connectivity index (χ1v) is 5.63. The fourth-order valence-electron chi connectivity index (χ4n) is 1.02. The third kappa shape index (κ3) is 3.49. The minimum Gasteiger partial charge on any atom is -0.298 e. The normalized spacial score (nSPS) is 10.0. The number of Topliss-reactive ketones (excluding diaryl/α,β-unsaturated/α-hetero) is 1. The van der Waals surface area contributed by atoms with Crippen molar-refractivity contribution in [3.05, 3.63) is 35.4 Å². The van der Waals surface area contributed by atoms with Crippen molar-refractivity contribution < 1.29 is 4.79 Å². The molecule has 0 aliphatic heterocycles. The van der Waals surface area contributed by atoms with Crippen LogP contribution in [0.5, 0.6) is 0 Å². The van der Waals surface area contributed by atoms with E-state index in [4.69, 9.17) is 11.6 Å². The van der Waals surface area contributed by atoms with Crippen LogP contribution in [0.25, 0.3) is 0 Å². The van der Waals surface area contributed by atoms with Gasteiger partial charge in [-0.1, -0.05) is 40.2 Å². The van der Waals surface area contributed by atoms with E-state index in [9.17, 15) is 4.79 Å². The molecule has 0 aromatic heterocycles. The highest BCUT2D eigenvalue weighted by Gasteiger charge is 2.00. The standard InChI is InChI=1S/C10H10BrClO/c11-6-10(13)5-8-1-3-9(7-12)4-2-8/h1-4H,5-7H2.